The zero-order valence-corrected chi connectivity index (χ0v) is 11.1. The lowest BCUT2D eigenvalue weighted by Gasteiger charge is -2.24. The molecule has 1 atom stereocenters. The summed E-state index contributed by atoms with van der Waals surface area (Å²) in [7, 11) is 0. The monoisotopic (exact) mass is 253 g/mol. The van der Waals surface area contributed by atoms with Gasteiger partial charge in [-0.25, -0.2) is 4.39 Å². The molecular weight excluding hydrogens is 233 g/mol. The highest BCUT2D eigenvalue weighted by molar-refractivity contribution is 7.99. The Bertz CT molecular complexity index is 354. The van der Waals surface area contributed by atoms with Gasteiger partial charge in [0.2, 0.25) is 0 Å². The van der Waals surface area contributed by atoms with Gasteiger partial charge in [-0.3, -0.25) is 0 Å². The van der Waals surface area contributed by atoms with E-state index in [1.54, 1.807) is 12.1 Å². The molecule has 2 rings (SSSR count). The van der Waals surface area contributed by atoms with Gasteiger partial charge in [0, 0.05) is 6.04 Å². The average molecular weight is 253 g/mol. The van der Waals surface area contributed by atoms with Crippen LogP contribution < -0.4 is 5.73 Å². The number of hydrogen-bond acceptors (Lipinski definition) is 2. The summed E-state index contributed by atoms with van der Waals surface area (Å²) in [5.41, 5.74) is 8.09. The first kappa shape index (κ1) is 12.9. The summed E-state index contributed by atoms with van der Waals surface area (Å²) in [5.74, 6) is 3.04. The van der Waals surface area contributed by atoms with Crippen molar-refractivity contribution >= 4 is 11.8 Å². The number of nitrogens with two attached hydrogens (primary N) is 1. The van der Waals surface area contributed by atoms with E-state index in [1.807, 2.05) is 24.8 Å². The number of halogens is 1. The lowest BCUT2D eigenvalue weighted by atomic mass is 9.91. The minimum Gasteiger partial charge on any atom is -0.324 e. The molecule has 0 spiro atoms. The molecule has 1 fully saturated rings. The van der Waals surface area contributed by atoms with E-state index in [2.05, 4.69) is 0 Å². The van der Waals surface area contributed by atoms with Gasteiger partial charge in [0.15, 0.2) is 0 Å². The third kappa shape index (κ3) is 3.71. The molecule has 1 heterocycles. The Kier molecular flexibility index (Phi) is 4.46. The van der Waals surface area contributed by atoms with Gasteiger partial charge in [0.1, 0.15) is 5.82 Å². The molecule has 0 aromatic heterocycles. The molecule has 3 heteroatoms. The van der Waals surface area contributed by atoms with Crippen molar-refractivity contribution in [1.82, 2.24) is 0 Å². The topological polar surface area (TPSA) is 26.0 Å². The molecule has 0 radical (unpaired) electrons. The van der Waals surface area contributed by atoms with Crippen LogP contribution in [0.1, 0.15) is 36.4 Å². The highest BCUT2D eigenvalue weighted by Crippen LogP contribution is 2.30. The SMILES string of the molecule is Cc1cc(F)cc(C(N)CC2CCSCC2)c1. The summed E-state index contributed by atoms with van der Waals surface area (Å²) in [4.78, 5) is 0. The van der Waals surface area contributed by atoms with Crippen molar-refractivity contribution in [3.8, 4) is 0 Å². The number of benzene rings is 1. The largest absolute Gasteiger partial charge is 0.324 e. The van der Waals surface area contributed by atoms with Crippen molar-refractivity contribution in [3.05, 3.63) is 35.1 Å². The normalized spacial score (nSPS) is 19.2. The Balaban J connectivity index is 2.00. The molecule has 1 unspecified atom stereocenters. The fourth-order valence-corrected chi connectivity index (χ4v) is 3.66. The van der Waals surface area contributed by atoms with E-state index in [1.165, 1.54) is 24.3 Å². The zero-order valence-electron chi connectivity index (χ0n) is 10.3. The van der Waals surface area contributed by atoms with Crippen molar-refractivity contribution in [2.75, 3.05) is 11.5 Å². The molecule has 0 aliphatic carbocycles. The molecule has 1 aromatic rings. The van der Waals surface area contributed by atoms with E-state index in [0.29, 0.717) is 0 Å². The number of hydrogen-bond donors (Lipinski definition) is 1. The van der Waals surface area contributed by atoms with Crippen LogP contribution in [0.25, 0.3) is 0 Å². The smallest absolute Gasteiger partial charge is 0.123 e. The van der Waals surface area contributed by atoms with Crippen LogP contribution in [0.5, 0.6) is 0 Å². The Morgan fingerprint density at radius 3 is 2.71 bits per heavy atom. The summed E-state index contributed by atoms with van der Waals surface area (Å²) in [6, 6.07) is 5.12. The maximum atomic E-state index is 13.3. The molecule has 1 nitrogen and oxygen atoms in total. The van der Waals surface area contributed by atoms with E-state index in [0.717, 1.165) is 23.5 Å². The summed E-state index contributed by atoms with van der Waals surface area (Å²) < 4.78 is 13.3. The highest BCUT2D eigenvalue weighted by Gasteiger charge is 2.18. The third-order valence-electron chi connectivity index (χ3n) is 3.42. The Morgan fingerprint density at radius 2 is 2.06 bits per heavy atom. The van der Waals surface area contributed by atoms with E-state index >= 15 is 0 Å². The molecule has 1 saturated heterocycles. The van der Waals surface area contributed by atoms with Crippen molar-refractivity contribution in [2.24, 2.45) is 11.7 Å². The van der Waals surface area contributed by atoms with Crippen LogP contribution in [0.3, 0.4) is 0 Å². The molecule has 94 valence electrons. The number of thioether (sulfide) groups is 1. The van der Waals surface area contributed by atoms with Crippen molar-refractivity contribution in [1.29, 1.82) is 0 Å². The summed E-state index contributed by atoms with van der Waals surface area (Å²) in [6.45, 7) is 1.91. The molecular formula is C14H20FNS. The van der Waals surface area contributed by atoms with E-state index in [4.69, 9.17) is 5.73 Å². The van der Waals surface area contributed by atoms with Gasteiger partial charge in [0.05, 0.1) is 0 Å². The number of rotatable bonds is 3. The maximum absolute atomic E-state index is 13.3. The second-order valence-corrected chi connectivity index (χ2v) is 6.18. The van der Waals surface area contributed by atoms with E-state index < -0.39 is 0 Å². The van der Waals surface area contributed by atoms with Crippen LogP contribution in [-0.4, -0.2) is 11.5 Å². The fourth-order valence-electron chi connectivity index (χ4n) is 2.46. The van der Waals surface area contributed by atoms with Crippen molar-refractivity contribution in [2.45, 2.75) is 32.2 Å². The lowest BCUT2D eigenvalue weighted by Crippen LogP contribution is -2.19. The fraction of sp³-hybridized carbons (Fsp3) is 0.571. The van der Waals surface area contributed by atoms with Gasteiger partial charge in [-0.15, -0.1) is 0 Å². The molecule has 0 bridgehead atoms. The molecule has 17 heavy (non-hydrogen) atoms. The van der Waals surface area contributed by atoms with Crippen LogP contribution in [0, 0.1) is 18.7 Å². The highest BCUT2D eigenvalue weighted by atomic mass is 32.2. The van der Waals surface area contributed by atoms with Gasteiger partial charge in [-0.05, 0) is 66.9 Å². The van der Waals surface area contributed by atoms with Crippen molar-refractivity contribution in [3.63, 3.8) is 0 Å². The standard InChI is InChI=1S/C14H20FNS/c1-10-6-12(9-13(15)7-10)14(16)8-11-2-4-17-5-3-11/h6-7,9,11,14H,2-5,8,16H2,1H3. The molecule has 1 aliphatic rings. The quantitative estimate of drug-likeness (QED) is 0.889. The maximum Gasteiger partial charge on any atom is 0.123 e. The Labute approximate surface area is 107 Å². The van der Waals surface area contributed by atoms with Crippen molar-refractivity contribution < 1.29 is 4.39 Å². The van der Waals surface area contributed by atoms with Crippen LogP contribution in [0.2, 0.25) is 0 Å². The summed E-state index contributed by atoms with van der Waals surface area (Å²) in [5, 5.41) is 0. The average Bonchev–Trinajstić information content (AvgIpc) is 2.29. The van der Waals surface area contributed by atoms with Crippen LogP contribution in [0.15, 0.2) is 18.2 Å². The molecule has 0 amide bonds. The lowest BCUT2D eigenvalue weighted by molar-refractivity contribution is 0.412. The summed E-state index contributed by atoms with van der Waals surface area (Å²) >= 11 is 2.03. The zero-order chi connectivity index (χ0) is 12.3. The minimum atomic E-state index is -0.172. The molecule has 2 N–H and O–H groups in total. The minimum absolute atomic E-state index is 0.0162. The van der Waals surface area contributed by atoms with Gasteiger partial charge in [-0.2, -0.15) is 11.8 Å². The van der Waals surface area contributed by atoms with Crippen LogP contribution in [-0.2, 0) is 0 Å². The first-order valence-electron chi connectivity index (χ1n) is 6.25. The van der Waals surface area contributed by atoms with E-state index in [9.17, 15) is 4.39 Å². The third-order valence-corrected chi connectivity index (χ3v) is 4.47. The van der Waals surface area contributed by atoms with E-state index in [-0.39, 0.29) is 11.9 Å². The Morgan fingerprint density at radius 1 is 1.35 bits per heavy atom. The van der Waals surface area contributed by atoms with Gasteiger partial charge in [-0.1, -0.05) is 6.07 Å². The Hall–Kier alpha value is -0.540. The number of aryl methyl sites for hydroxylation is 1. The second kappa shape index (κ2) is 5.87. The second-order valence-electron chi connectivity index (χ2n) is 4.96. The predicted octanol–water partition coefficient (Wildman–Crippen LogP) is 3.67. The first-order chi connectivity index (χ1) is 8.15. The van der Waals surface area contributed by atoms with Gasteiger partial charge < -0.3 is 5.73 Å². The van der Waals surface area contributed by atoms with Gasteiger partial charge in [0.25, 0.3) is 0 Å². The van der Waals surface area contributed by atoms with Crippen LogP contribution in [0.4, 0.5) is 4.39 Å². The van der Waals surface area contributed by atoms with Gasteiger partial charge >= 0.3 is 0 Å². The van der Waals surface area contributed by atoms with Crippen LogP contribution >= 0.6 is 11.8 Å². The molecule has 1 aliphatic heterocycles. The molecule has 0 saturated carbocycles. The first-order valence-corrected chi connectivity index (χ1v) is 7.41. The predicted molar refractivity (Wildman–Crippen MR) is 72.7 cm³/mol. The summed E-state index contributed by atoms with van der Waals surface area (Å²) in [6.07, 6.45) is 3.50. The molecule has 1 aromatic carbocycles.